The Kier molecular flexibility index (Phi) is 6.72. The molecule has 1 aromatic carbocycles. The maximum atomic E-state index is 13.0. The van der Waals surface area contributed by atoms with Crippen LogP contribution in [0.1, 0.15) is 48.9 Å². The predicted molar refractivity (Wildman–Crippen MR) is 104 cm³/mol. The van der Waals surface area contributed by atoms with E-state index in [1.54, 1.807) is 23.1 Å². The van der Waals surface area contributed by atoms with Gasteiger partial charge >= 0.3 is 5.97 Å². The van der Waals surface area contributed by atoms with E-state index >= 15 is 0 Å². The molecule has 7 nitrogen and oxygen atoms in total. The van der Waals surface area contributed by atoms with Crippen molar-refractivity contribution in [2.45, 2.75) is 43.4 Å². The second kappa shape index (κ2) is 9.05. The van der Waals surface area contributed by atoms with Crippen LogP contribution in [0.25, 0.3) is 0 Å². The zero-order chi connectivity index (χ0) is 20.1. The topological polar surface area (TPSA) is 84.0 Å². The van der Waals surface area contributed by atoms with Crippen LogP contribution in [0.15, 0.2) is 29.2 Å². The van der Waals surface area contributed by atoms with Gasteiger partial charge in [-0.3, -0.25) is 9.59 Å². The lowest BCUT2D eigenvalue weighted by Crippen LogP contribution is -2.40. The first kappa shape index (κ1) is 20.8. The first-order valence-corrected chi connectivity index (χ1v) is 11.3. The summed E-state index contributed by atoms with van der Waals surface area (Å²) in [4.78, 5) is 26.4. The quantitative estimate of drug-likeness (QED) is 0.714. The number of sulfonamides is 1. The summed E-state index contributed by atoms with van der Waals surface area (Å²) in [7, 11) is -2.22. The predicted octanol–water partition coefficient (Wildman–Crippen LogP) is 2.28. The highest BCUT2D eigenvalue weighted by Crippen LogP contribution is 2.23. The van der Waals surface area contributed by atoms with Crippen LogP contribution in [-0.4, -0.2) is 62.8 Å². The third-order valence-electron chi connectivity index (χ3n) is 5.60. The van der Waals surface area contributed by atoms with E-state index in [9.17, 15) is 18.0 Å². The lowest BCUT2D eigenvalue weighted by Gasteiger charge is -2.30. The van der Waals surface area contributed by atoms with Gasteiger partial charge in [0.2, 0.25) is 10.0 Å². The molecule has 0 spiro atoms. The molecule has 0 bridgehead atoms. The van der Waals surface area contributed by atoms with Crippen LogP contribution < -0.4 is 0 Å². The Morgan fingerprint density at radius 1 is 1.00 bits per heavy atom. The highest BCUT2D eigenvalue weighted by molar-refractivity contribution is 7.89. The van der Waals surface area contributed by atoms with Crippen molar-refractivity contribution in [1.82, 2.24) is 9.21 Å². The smallest absolute Gasteiger partial charge is 0.308 e. The van der Waals surface area contributed by atoms with Gasteiger partial charge in [-0.15, -0.1) is 0 Å². The molecule has 0 saturated carbocycles. The number of piperidine rings is 1. The molecule has 1 amide bonds. The Morgan fingerprint density at radius 3 is 2.25 bits per heavy atom. The summed E-state index contributed by atoms with van der Waals surface area (Å²) in [5.41, 5.74) is 0.368. The van der Waals surface area contributed by atoms with E-state index in [-0.39, 0.29) is 22.7 Å². The molecule has 154 valence electrons. The minimum Gasteiger partial charge on any atom is -0.469 e. The van der Waals surface area contributed by atoms with Crippen molar-refractivity contribution in [2.24, 2.45) is 5.92 Å². The lowest BCUT2D eigenvalue weighted by atomic mass is 9.96. The van der Waals surface area contributed by atoms with Crippen LogP contribution in [0.2, 0.25) is 0 Å². The van der Waals surface area contributed by atoms with Gasteiger partial charge in [-0.1, -0.05) is 18.9 Å². The molecule has 0 aliphatic carbocycles. The molecule has 28 heavy (non-hydrogen) atoms. The molecule has 2 heterocycles. The number of likely N-dealkylation sites (tertiary alicyclic amines) is 1. The van der Waals surface area contributed by atoms with Crippen LogP contribution in [0.4, 0.5) is 0 Å². The maximum Gasteiger partial charge on any atom is 0.308 e. The van der Waals surface area contributed by atoms with Crippen molar-refractivity contribution in [3.05, 3.63) is 29.8 Å². The van der Waals surface area contributed by atoms with Crippen molar-refractivity contribution in [3.63, 3.8) is 0 Å². The molecule has 0 radical (unpaired) electrons. The number of nitrogens with zero attached hydrogens (tertiary/aromatic N) is 2. The van der Waals surface area contributed by atoms with E-state index in [2.05, 4.69) is 0 Å². The third-order valence-corrected chi connectivity index (χ3v) is 7.50. The first-order chi connectivity index (χ1) is 13.4. The van der Waals surface area contributed by atoms with Gasteiger partial charge in [-0.05, 0) is 43.9 Å². The highest BCUT2D eigenvalue weighted by Gasteiger charge is 2.30. The molecule has 0 aromatic heterocycles. The molecule has 1 aromatic rings. The standard InChI is InChI=1S/C20H28N2O5S/c1-27-20(24)16-9-13-21(14-10-16)19(23)17-7-6-8-18(15-17)28(25,26)22-11-4-2-3-5-12-22/h6-8,15-16H,2-5,9-14H2,1H3. The number of ether oxygens (including phenoxy) is 1. The Hall–Kier alpha value is -1.93. The number of benzene rings is 1. The maximum absolute atomic E-state index is 13.0. The molecule has 0 N–H and O–H groups in total. The van der Waals surface area contributed by atoms with E-state index in [4.69, 9.17) is 4.74 Å². The van der Waals surface area contributed by atoms with Crippen LogP contribution in [-0.2, 0) is 19.6 Å². The van der Waals surface area contributed by atoms with E-state index in [1.807, 2.05) is 0 Å². The van der Waals surface area contributed by atoms with Crippen molar-refractivity contribution in [3.8, 4) is 0 Å². The molecule has 2 aliphatic rings. The van der Waals surface area contributed by atoms with Gasteiger partial charge in [0, 0.05) is 31.7 Å². The molecule has 2 aliphatic heterocycles. The molecule has 8 heteroatoms. The summed E-state index contributed by atoms with van der Waals surface area (Å²) >= 11 is 0. The molecule has 2 saturated heterocycles. The number of carbonyl (C=O) groups is 2. The average Bonchev–Trinajstić information content (AvgIpc) is 3.03. The summed E-state index contributed by atoms with van der Waals surface area (Å²) in [5, 5.41) is 0. The Labute approximate surface area is 166 Å². The third kappa shape index (κ3) is 4.55. The summed E-state index contributed by atoms with van der Waals surface area (Å²) < 4.78 is 32.3. The van der Waals surface area contributed by atoms with Gasteiger partial charge in [0.05, 0.1) is 17.9 Å². The number of amides is 1. The van der Waals surface area contributed by atoms with Gasteiger partial charge in [0.25, 0.3) is 5.91 Å². The fourth-order valence-electron chi connectivity index (χ4n) is 3.89. The van der Waals surface area contributed by atoms with E-state index in [1.165, 1.54) is 17.5 Å². The molecule has 2 fully saturated rings. The molecule has 0 atom stereocenters. The molecule has 3 rings (SSSR count). The fraction of sp³-hybridized carbons (Fsp3) is 0.600. The van der Waals surface area contributed by atoms with Crippen LogP contribution in [0.3, 0.4) is 0 Å². The van der Waals surface area contributed by atoms with Crippen LogP contribution in [0.5, 0.6) is 0 Å². The number of carbonyl (C=O) groups excluding carboxylic acids is 2. The number of hydrogen-bond acceptors (Lipinski definition) is 5. The number of esters is 1. The van der Waals surface area contributed by atoms with Crippen molar-refractivity contribution >= 4 is 21.9 Å². The average molecular weight is 409 g/mol. The Bertz CT molecular complexity index is 808. The minimum absolute atomic E-state index is 0.171. The normalized spacial score (nSPS) is 19.8. The zero-order valence-corrected chi connectivity index (χ0v) is 17.1. The summed E-state index contributed by atoms with van der Waals surface area (Å²) in [6, 6.07) is 6.31. The number of rotatable bonds is 4. The lowest BCUT2D eigenvalue weighted by molar-refractivity contribution is -0.146. The molecular formula is C20H28N2O5S. The minimum atomic E-state index is -3.59. The van der Waals surface area contributed by atoms with Gasteiger partial charge in [0.1, 0.15) is 0 Å². The largest absolute Gasteiger partial charge is 0.469 e. The number of hydrogen-bond donors (Lipinski definition) is 0. The summed E-state index contributed by atoms with van der Waals surface area (Å²) in [5.74, 6) is -0.613. The highest BCUT2D eigenvalue weighted by atomic mass is 32.2. The Balaban J connectivity index is 1.72. The second-order valence-electron chi connectivity index (χ2n) is 7.44. The first-order valence-electron chi connectivity index (χ1n) is 9.91. The second-order valence-corrected chi connectivity index (χ2v) is 9.37. The van der Waals surface area contributed by atoms with Crippen molar-refractivity contribution in [2.75, 3.05) is 33.3 Å². The van der Waals surface area contributed by atoms with Crippen LogP contribution in [0, 0.1) is 5.92 Å². The fourth-order valence-corrected chi connectivity index (χ4v) is 5.45. The van der Waals surface area contributed by atoms with Crippen LogP contribution >= 0.6 is 0 Å². The molecule has 0 unspecified atom stereocenters. The van der Waals surface area contributed by atoms with Gasteiger partial charge in [0.15, 0.2) is 0 Å². The number of methoxy groups -OCH3 is 1. The van der Waals surface area contributed by atoms with Crippen molar-refractivity contribution in [1.29, 1.82) is 0 Å². The summed E-state index contributed by atoms with van der Waals surface area (Å²) in [6.07, 6.45) is 4.95. The monoisotopic (exact) mass is 408 g/mol. The van der Waals surface area contributed by atoms with E-state index in [0.29, 0.717) is 44.6 Å². The SMILES string of the molecule is COC(=O)C1CCN(C(=O)c2cccc(S(=O)(=O)N3CCCCCC3)c2)CC1. The Morgan fingerprint density at radius 2 is 1.64 bits per heavy atom. The van der Waals surface area contributed by atoms with Crippen molar-refractivity contribution < 1.29 is 22.7 Å². The van der Waals surface area contributed by atoms with E-state index < -0.39 is 10.0 Å². The van der Waals surface area contributed by atoms with Gasteiger partial charge < -0.3 is 9.64 Å². The van der Waals surface area contributed by atoms with Gasteiger partial charge in [-0.25, -0.2) is 8.42 Å². The van der Waals surface area contributed by atoms with Gasteiger partial charge in [-0.2, -0.15) is 4.31 Å². The molecular weight excluding hydrogens is 380 g/mol. The summed E-state index contributed by atoms with van der Waals surface area (Å²) in [6.45, 7) is 1.98. The zero-order valence-electron chi connectivity index (χ0n) is 16.3. The van der Waals surface area contributed by atoms with E-state index in [0.717, 1.165) is 25.7 Å².